The predicted octanol–water partition coefficient (Wildman–Crippen LogP) is 2.15. The summed E-state index contributed by atoms with van der Waals surface area (Å²) in [4.78, 5) is 14.2. The number of carbonyl (C=O) groups is 1. The lowest BCUT2D eigenvalue weighted by molar-refractivity contribution is -0.201. The summed E-state index contributed by atoms with van der Waals surface area (Å²) in [5.41, 5.74) is 0. The minimum atomic E-state index is -0.423. The number of fused-ring (bicyclic) bond motifs is 1. The van der Waals surface area contributed by atoms with Gasteiger partial charge in [-0.3, -0.25) is 4.79 Å². The lowest BCUT2D eigenvalue weighted by Crippen LogP contribution is -2.55. The van der Waals surface area contributed by atoms with Crippen LogP contribution in [0.4, 0.5) is 0 Å². The standard InChI is InChI=1S/C14H22ClNO3/c1-10(15)13(17)16-6-2-3-11-9-14(5-4-12(11)16)18-7-8-19-14/h10-12H,2-9H2,1H3/t10?,11-,12+/m1/s1. The Bertz CT molecular complexity index is 355. The molecule has 0 aromatic rings. The van der Waals surface area contributed by atoms with E-state index in [9.17, 15) is 4.79 Å². The zero-order valence-electron chi connectivity index (χ0n) is 11.4. The Kier molecular flexibility index (Phi) is 3.76. The molecule has 4 nitrogen and oxygen atoms in total. The van der Waals surface area contributed by atoms with Gasteiger partial charge >= 0.3 is 0 Å². The zero-order valence-corrected chi connectivity index (χ0v) is 12.2. The molecule has 0 aromatic carbocycles. The number of halogens is 1. The highest BCUT2D eigenvalue weighted by Crippen LogP contribution is 2.44. The van der Waals surface area contributed by atoms with Crippen molar-refractivity contribution in [1.29, 1.82) is 0 Å². The van der Waals surface area contributed by atoms with Crippen molar-refractivity contribution in [3.63, 3.8) is 0 Å². The van der Waals surface area contributed by atoms with E-state index in [1.807, 2.05) is 4.90 Å². The Hall–Kier alpha value is -0.320. The Balaban J connectivity index is 1.72. The molecule has 0 aromatic heterocycles. The van der Waals surface area contributed by atoms with Crippen molar-refractivity contribution in [1.82, 2.24) is 4.90 Å². The molecule has 0 radical (unpaired) electrons. The van der Waals surface area contributed by atoms with E-state index in [1.54, 1.807) is 6.92 Å². The summed E-state index contributed by atoms with van der Waals surface area (Å²) in [7, 11) is 0. The SMILES string of the molecule is CC(Cl)C(=O)N1CCC[C@@H]2CC3(CC[C@@H]21)OCCO3. The number of rotatable bonds is 1. The van der Waals surface area contributed by atoms with Crippen LogP contribution < -0.4 is 0 Å². The second kappa shape index (κ2) is 5.23. The quantitative estimate of drug-likeness (QED) is 0.694. The van der Waals surface area contributed by atoms with E-state index in [1.165, 1.54) is 6.42 Å². The minimum Gasteiger partial charge on any atom is -0.348 e. The van der Waals surface area contributed by atoms with Crippen molar-refractivity contribution in [3.05, 3.63) is 0 Å². The van der Waals surface area contributed by atoms with Crippen molar-refractivity contribution in [2.75, 3.05) is 19.8 Å². The molecule has 3 atom stereocenters. The van der Waals surface area contributed by atoms with Crippen LogP contribution in [0.15, 0.2) is 0 Å². The number of amides is 1. The van der Waals surface area contributed by atoms with Gasteiger partial charge in [0.15, 0.2) is 5.79 Å². The highest BCUT2D eigenvalue weighted by molar-refractivity contribution is 6.30. The fraction of sp³-hybridized carbons (Fsp3) is 0.929. The number of carbonyl (C=O) groups excluding carboxylic acids is 1. The molecule has 3 fully saturated rings. The lowest BCUT2D eigenvalue weighted by Gasteiger charge is -2.48. The normalized spacial score (nSPS) is 35.2. The van der Waals surface area contributed by atoms with E-state index in [-0.39, 0.29) is 11.7 Å². The number of hydrogen-bond acceptors (Lipinski definition) is 3. The molecular weight excluding hydrogens is 266 g/mol. The fourth-order valence-corrected chi connectivity index (χ4v) is 4.02. The predicted molar refractivity (Wildman–Crippen MR) is 72.0 cm³/mol. The van der Waals surface area contributed by atoms with E-state index < -0.39 is 5.38 Å². The number of hydrogen-bond donors (Lipinski definition) is 0. The second-order valence-corrected chi connectivity index (χ2v) is 6.62. The summed E-state index contributed by atoms with van der Waals surface area (Å²) in [5, 5.41) is -0.423. The number of ether oxygens (including phenoxy) is 2. The van der Waals surface area contributed by atoms with Crippen LogP contribution in [0.1, 0.15) is 39.0 Å². The Morgan fingerprint density at radius 1 is 1.37 bits per heavy atom. The van der Waals surface area contributed by atoms with E-state index in [0.29, 0.717) is 25.2 Å². The van der Waals surface area contributed by atoms with Crippen LogP contribution in [0.5, 0.6) is 0 Å². The van der Waals surface area contributed by atoms with Crippen molar-refractivity contribution in [2.24, 2.45) is 5.92 Å². The minimum absolute atomic E-state index is 0.0839. The van der Waals surface area contributed by atoms with Gasteiger partial charge in [-0.25, -0.2) is 0 Å². The molecular formula is C14H22ClNO3. The fourth-order valence-electron chi connectivity index (χ4n) is 3.90. The highest BCUT2D eigenvalue weighted by Gasteiger charge is 2.48. The number of piperidine rings is 1. The van der Waals surface area contributed by atoms with Crippen molar-refractivity contribution >= 4 is 17.5 Å². The molecule has 2 heterocycles. The Morgan fingerprint density at radius 2 is 2.11 bits per heavy atom. The summed E-state index contributed by atoms with van der Waals surface area (Å²) < 4.78 is 11.6. The molecule has 1 spiro atoms. The third-order valence-electron chi connectivity index (χ3n) is 4.75. The van der Waals surface area contributed by atoms with Crippen LogP contribution >= 0.6 is 11.6 Å². The molecule has 1 unspecified atom stereocenters. The average Bonchev–Trinajstić information content (AvgIpc) is 2.85. The maximum absolute atomic E-state index is 12.2. The molecule has 3 rings (SSSR count). The van der Waals surface area contributed by atoms with Gasteiger partial charge in [0.05, 0.1) is 13.2 Å². The van der Waals surface area contributed by atoms with Gasteiger partial charge in [0.2, 0.25) is 5.91 Å². The summed E-state index contributed by atoms with van der Waals surface area (Å²) in [6.45, 7) is 4.03. The number of nitrogens with zero attached hydrogens (tertiary/aromatic N) is 1. The Morgan fingerprint density at radius 3 is 2.79 bits per heavy atom. The first kappa shape index (κ1) is 13.7. The first-order valence-electron chi connectivity index (χ1n) is 7.34. The largest absolute Gasteiger partial charge is 0.348 e. The summed E-state index contributed by atoms with van der Waals surface area (Å²) >= 11 is 5.97. The summed E-state index contributed by atoms with van der Waals surface area (Å²) in [5.74, 6) is 0.236. The number of alkyl halides is 1. The number of likely N-dealkylation sites (tertiary alicyclic amines) is 1. The molecule has 0 N–H and O–H groups in total. The molecule has 1 saturated carbocycles. The first-order chi connectivity index (χ1) is 9.11. The van der Waals surface area contributed by atoms with Crippen LogP contribution in [-0.2, 0) is 14.3 Å². The van der Waals surface area contributed by atoms with E-state index in [2.05, 4.69) is 0 Å². The maximum atomic E-state index is 12.2. The maximum Gasteiger partial charge on any atom is 0.240 e. The van der Waals surface area contributed by atoms with Crippen LogP contribution in [0.3, 0.4) is 0 Å². The van der Waals surface area contributed by atoms with Gasteiger partial charge in [-0.05, 0) is 32.1 Å². The monoisotopic (exact) mass is 287 g/mol. The van der Waals surface area contributed by atoms with Gasteiger partial charge in [-0.2, -0.15) is 0 Å². The van der Waals surface area contributed by atoms with Gasteiger partial charge in [-0.15, -0.1) is 11.6 Å². The molecule has 108 valence electrons. The van der Waals surface area contributed by atoms with Crippen molar-refractivity contribution < 1.29 is 14.3 Å². The molecule has 1 aliphatic carbocycles. The lowest BCUT2D eigenvalue weighted by atomic mass is 9.75. The van der Waals surface area contributed by atoms with Crippen LogP contribution in [0.25, 0.3) is 0 Å². The highest BCUT2D eigenvalue weighted by atomic mass is 35.5. The van der Waals surface area contributed by atoms with Gasteiger partial charge in [0.25, 0.3) is 0 Å². The first-order valence-corrected chi connectivity index (χ1v) is 7.77. The smallest absolute Gasteiger partial charge is 0.240 e. The average molecular weight is 288 g/mol. The molecule has 19 heavy (non-hydrogen) atoms. The van der Waals surface area contributed by atoms with Gasteiger partial charge in [0.1, 0.15) is 5.38 Å². The third-order valence-corrected chi connectivity index (χ3v) is 4.94. The molecule has 3 aliphatic rings. The molecule has 2 aliphatic heterocycles. The van der Waals surface area contributed by atoms with Crippen molar-refractivity contribution in [2.45, 2.75) is 56.2 Å². The van der Waals surface area contributed by atoms with Gasteiger partial charge < -0.3 is 14.4 Å². The summed E-state index contributed by atoms with van der Waals surface area (Å²) in [6.07, 6.45) is 5.03. The van der Waals surface area contributed by atoms with Crippen molar-refractivity contribution in [3.8, 4) is 0 Å². The topological polar surface area (TPSA) is 38.8 Å². The Labute approximate surface area is 119 Å². The summed E-state index contributed by atoms with van der Waals surface area (Å²) in [6, 6.07) is 0.334. The van der Waals surface area contributed by atoms with E-state index in [0.717, 1.165) is 32.2 Å². The van der Waals surface area contributed by atoms with E-state index >= 15 is 0 Å². The second-order valence-electron chi connectivity index (χ2n) is 5.97. The van der Waals surface area contributed by atoms with Gasteiger partial charge in [-0.1, -0.05) is 0 Å². The molecule has 2 saturated heterocycles. The molecule has 5 heteroatoms. The third kappa shape index (κ3) is 2.50. The van der Waals surface area contributed by atoms with Crippen LogP contribution in [0, 0.1) is 5.92 Å². The zero-order chi connectivity index (χ0) is 13.5. The molecule has 1 amide bonds. The molecule has 0 bridgehead atoms. The van der Waals surface area contributed by atoms with E-state index in [4.69, 9.17) is 21.1 Å². The van der Waals surface area contributed by atoms with Crippen LogP contribution in [-0.4, -0.2) is 47.8 Å². The van der Waals surface area contributed by atoms with Crippen LogP contribution in [0.2, 0.25) is 0 Å². The van der Waals surface area contributed by atoms with Gasteiger partial charge in [0, 0.05) is 25.4 Å².